The molecule has 0 radical (unpaired) electrons. The third kappa shape index (κ3) is 7.09. The maximum absolute atomic E-state index is 14.1. The Balaban J connectivity index is 1.57. The monoisotopic (exact) mass is 724 g/mol. The summed E-state index contributed by atoms with van der Waals surface area (Å²) in [4.78, 5) is 32.5. The Morgan fingerprint density at radius 1 is 1.11 bits per heavy atom. The molecule has 5 rings (SSSR count). The van der Waals surface area contributed by atoms with Crippen LogP contribution in [0.15, 0.2) is 80.1 Å². The molecule has 0 aliphatic carbocycles. The first-order valence-electron chi connectivity index (χ1n) is 14.7. The molecule has 0 unspecified atom stereocenters. The van der Waals surface area contributed by atoms with Crippen LogP contribution in [0.3, 0.4) is 0 Å². The van der Waals surface area contributed by atoms with Crippen molar-refractivity contribution in [2.75, 3.05) is 13.7 Å². The third-order valence-corrected chi connectivity index (χ3v) is 9.06. The highest BCUT2D eigenvalue weighted by molar-refractivity contribution is 9.10. The van der Waals surface area contributed by atoms with Crippen molar-refractivity contribution in [1.29, 1.82) is 0 Å². The second-order valence-electron chi connectivity index (χ2n) is 11.0. The van der Waals surface area contributed by atoms with Gasteiger partial charge in [-0.3, -0.25) is 9.36 Å². The molecule has 2 heterocycles. The van der Waals surface area contributed by atoms with Crippen LogP contribution in [0.4, 0.5) is 0 Å². The largest absolute Gasteiger partial charge is 0.493 e. The quantitative estimate of drug-likeness (QED) is 0.166. The molecule has 0 bridgehead atoms. The average Bonchev–Trinajstić information content (AvgIpc) is 3.30. The summed E-state index contributed by atoms with van der Waals surface area (Å²) >= 11 is 11.5. The van der Waals surface area contributed by atoms with Gasteiger partial charge in [0.15, 0.2) is 22.0 Å². The van der Waals surface area contributed by atoms with Crippen molar-refractivity contribution in [3.8, 4) is 17.2 Å². The third-order valence-electron chi connectivity index (χ3n) is 7.21. The van der Waals surface area contributed by atoms with Crippen molar-refractivity contribution in [1.82, 2.24) is 4.57 Å². The second-order valence-corrected chi connectivity index (χ2v) is 13.2. The van der Waals surface area contributed by atoms with E-state index < -0.39 is 12.0 Å². The molecule has 1 aliphatic rings. The number of fused-ring (bicyclic) bond motifs is 1. The lowest BCUT2D eigenvalue weighted by Gasteiger charge is -2.25. The van der Waals surface area contributed by atoms with Gasteiger partial charge in [-0.15, -0.1) is 0 Å². The van der Waals surface area contributed by atoms with Gasteiger partial charge < -0.3 is 18.9 Å². The average molecular weight is 726 g/mol. The topological polar surface area (TPSA) is 88.4 Å². The summed E-state index contributed by atoms with van der Waals surface area (Å²) in [6, 6.07) is 16.3. The smallest absolute Gasteiger partial charge is 0.338 e. The number of esters is 1. The van der Waals surface area contributed by atoms with E-state index in [9.17, 15) is 9.59 Å². The van der Waals surface area contributed by atoms with Gasteiger partial charge in [0.2, 0.25) is 0 Å². The lowest BCUT2D eigenvalue weighted by molar-refractivity contribution is -0.139. The number of carbonyl (C=O) groups is 1. The highest BCUT2D eigenvalue weighted by Crippen LogP contribution is 2.37. The predicted octanol–water partition coefficient (Wildman–Crippen LogP) is 6.90. The summed E-state index contributed by atoms with van der Waals surface area (Å²) < 4.78 is 25.6. The number of hydrogen-bond acceptors (Lipinski definition) is 8. The number of aromatic nitrogens is 1. The molecule has 0 N–H and O–H groups in total. The number of nitrogens with zero attached hydrogens (tertiary/aromatic N) is 2. The molecule has 1 aromatic heterocycles. The van der Waals surface area contributed by atoms with Crippen molar-refractivity contribution in [3.05, 3.63) is 117 Å². The number of aryl methyl sites for hydroxylation is 1. The molecule has 0 amide bonds. The van der Waals surface area contributed by atoms with Crippen LogP contribution in [0.5, 0.6) is 17.2 Å². The zero-order valence-electron chi connectivity index (χ0n) is 26.4. The van der Waals surface area contributed by atoms with Gasteiger partial charge in [0.1, 0.15) is 6.61 Å². The summed E-state index contributed by atoms with van der Waals surface area (Å²) in [6.07, 6.45) is 1.68. The molecule has 46 heavy (non-hydrogen) atoms. The highest BCUT2D eigenvalue weighted by atomic mass is 79.9. The minimum absolute atomic E-state index is 0.0722. The van der Waals surface area contributed by atoms with E-state index >= 15 is 0 Å². The maximum Gasteiger partial charge on any atom is 0.338 e. The van der Waals surface area contributed by atoms with Gasteiger partial charge in [0.25, 0.3) is 5.56 Å². The molecule has 0 fully saturated rings. The molecule has 11 heteroatoms. The van der Waals surface area contributed by atoms with Gasteiger partial charge >= 0.3 is 5.97 Å². The van der Waals surface area contributed by atoms with E-state index in [2.05, 4.69) is 20.9 Å². The lowest BCUT2D eigenvalue weighted by atomic mass is 9.95. The number of allylic oxidation sites excluding steroid dienone is 1. The molecule has 1 atom stereocenters. The first kappa shape index (κ1) is 33.5. The molecule has 0 saturated carbocycles. The van der Waals surface area contributed by atoms with E-state index in [0.717, 1.165) is 5.56 Å². The molecular formula is C35H34BrClN2O6S. The Hall–Kier alpha value is -3.86. The lowest BCUT2D eigenvalue weighted by Crippen LogP contribution is -2.40. The molecule has 240 valence electrons. The fraction of sp³-hybridized carbons (Fsp3) is 0.286. The number of halogens is 2. The number of rotatable bonds is 10. The first-order chi connectivity index (χ1) is 22.0. The van der Waals surface area contributed by atoms with Crippen LogP contribution in [-0.2, 0) is 16.1 Å². The molecule has 0 saturated heterocycles. The van der Waals surface area contributed by atoms with Crippen LogP contribution in [0, 0.1) is 6.92 Å². The standard InChI is InChI=1S/C35H34BrClN2O6S/c1-7-43-34(41)30-21(5)38-35-39(31(30)24-12-13-27(45-19(2)3)28(17-24)42-6)33(40)29(46-35)16-23-14-25(36)32(26(37)15-23)44-18-22-10-8-20(4)9-11-22/h8-17,19,31H,7,18H2,1-6H3/b29-16-/t31-/m0/s1. The predicted molar refractivity (Wildman–Crippen MR) is 184 cm³/mol. The first-order valence-corrected chi connectivity index (χ1v) is 16.7. The van der Waals surface area contributed by atoms with Crippen LogP contribution in [0.2, 0.25) is 5.02 Å². The van der Waals surface area contributed by atoms with Gasteiger partial charge in [-0.25, -0.2) is 9.79 Å². The van der Waals surface area contributed by atoms with Crippen molar-refractivity contribution >= 4 is 50.9 Å². The fourth-order valence-electron chi connectivity index (χ4n) is 5.10. The van der Waals surface area contributed by atoms with Gasteiger partial charge in [0.05, 0.1) is 51.2 Å². The normalized spacial score (nSPS) is 14.6. The summed E-state index contributed by atoms with van der Waals surface area (Å²) in [6.45, 7) is 9.90. The molecule has 0 spiro atoms. The van der Waals surface area contributed by atoms with Crippen LogP contribution in [-0.4, -0.2) is 30.4 Å². The van der Waals surface area contributed by atoms with Gasteiger partial charge in [-0.1, -0.05) is 58.8 Å². The summed E-state index contributed by atoms with van der Waals surface area (Å²) in [7, 11) is 1.55. The van der Waals surface area contributed by atoms with E-state index in [1.807, 2.05) is 57.2 Å². The zero-order valence-corrected chi connectivity index (χ0v) is 29.5. The van der Waals surface area contributed by atoms with E-state index in [1.165, 1.54) is 21.5 Å². The molecule has 8 nitrogen and oxygen atoms in total. The van der Waals surface area contributed by atoms with E-state index in [-0.39, 0.29) is 23.8 Å². The van der Waals surface area contributed by atoms with Crippen molar-refractivity contribution in [2.45, 2.75) is 53.4 Å². The van der Waals surface area contributed by atoms with Gasteiger partial charge in [-0.05, 0) is 97.6 Å². The minimum Gasteiger partial charge on any atom is -0.493 e. The fourth-order valence-corrected chi connectivity index (χ4v) is 7.14. The molecule has 1 aliphatic heterocycles. The Morgan fingerprint density at radius 2 is 1.85 bits per heavy atom. The zero-order chi connectivity index (χ0) is 33.1. The molecule has 3 aromatic carbocycles. The number of methoxy groups -OCH3 is 1. The number of benzene rings is 3. The number of carbonyl (C=O) groups excluding carboxylic acids is 1. The summed E-state index contributed by atoms with van der Waals surface area (Å²) in [5, 5.41) is 0.398. The van der Waals surface area contributed by atoms with Gasteiger partial charge in [-0.2, -0.15) is 0 Å². The van der Waals surface area contributed by atoms with Crippen molar-refractivity contribution in [2.24, 2.45) is 4.99 Å². The van der Waals surface area contributed by atoms with Crippen LogP contribution in [0.1, 0.15) is 56.0 Å². The molecular weight excluding hydrogens is 692 g/mol. The second kappa shape index (κ2) is 14.3. The van der Waals surface area contributed by atoms with Crippen LogP contribution in [0.25, 0.3) is 6.08 Å². The Bertz CT molecular complexity index is 1980. The number of thiazole rings is 1. The number of hydrogen-bond donors (Lipinski definition) is 0. The molecule has 4 aromatic rings. The number of ether oxygens (including phenoxy) is 4. The minimum atomic E-state index is -0.799. The Morgan fingerprint density at radius 3 is 2.50 bits per heavy atom. The SMILES string of the molecule is CCOC(=O)C1=C(C)N=c2s/c(=C\c3cc(Cl)c(OCc4ccc(C)cc4)c(Br)c3)c(=O)n2[C@H]1c1ccc(OC(C)C)c(OC)c1. The van der Waals surface area contributed by atoms with E-state index in [0.29, 0.717) is 59.5 Å². The Kier molecular flexibility index (Phi) is 10.4. The van der Waals surface area contributed by atoms with Crippen molar-refractivity contribution < 1.29 is 23.7 Å². The summed E-state index contributed by atoms with van der Waals surface area (Å²) in [5.41, 5.74) is 3.98. The van der Waals surface area contributed by atoms with Gasteiger partial charge in [0, 0.05) is 0 Å². The van der Waals surface area contributed by atoms with Crippen molar-refractivity contribution in [3.63, 3.8) is 0 Å². The van der Waals surface area contributed by atoms with Crippen LogP contribution >= 0.6 is 38.9 Å². The summed E-state index contributed by atoms with van der Waals surface area (Å²) in [5.74, 6) is 1.01. The van der Waals surface area contributed by atoms with E-state index in [4.69, 9.17) is 30.5 Å². The van der Waals surface area contributed by atoms with E-state index in [1.54, 1.807) is 45.2 Å². The highest BCUT2D eigenvalue weighted by Gasteiger charge is 2.34. The maximum atomic E-state index is 14.1. The van der Waals surface area contributed by atoms with Crippen LogP contribution < -0.4 is 29.1 Å². The Labute approximate surface area is 284 Å².